The first-order chi connectivity index (χ1) is 12.2. The van der Waals surface area contributed by atoms with Gasteiger partial charge in [-0.25, -0.2) is 9.78 Å². The van der Waals surface area contributed by atoms with Crippen LogP contribution in [0.3, 0.4) is 0 Å². The van der Waals surface area contributed by atoms with E-state index in [-0.39, 0.29) is 12.2 Å². The van der Waals surface area contributed by atoms with Crippen LogP contribution in [0.5, 0.6) is 5.19 Å². The van der Waals surface area contributed by atoms with E-state index in [1.807, 2.05) is 19.9 Å². The Bertz CT molecular complexity index is 611. The maximum Gasteiger partial charge on any atom is 0.351 e. The summed E-state index contributed by atoms with van der Waals surface area (Å²) >= 11 is 2.71. The lowest BCUT2D eigenvalue weighted by molar-refractivity contribution is -0.140. The fourth-order valence-corrected chi connectivity index (χ4v) is 2.93. The van der Waals surface area contributed by atoms with E-state index in [0.29, 0.717) is 36.6 Å². The second kappa shape index (κ2) is 12.6. The molecule has 0 saturated heterocycles. The van der Waals surface area contributed by atoms with Crippen LogP contribution >= 0.6 is 23.1 Å². The third-order valence-corrected chi connectivity index (χ3v) is 4.46. The summed E-state index contributed by atoms with van der Waals surface area (Å²) in [6, 6.07) is 1.91. The van der Waals surface area contributed by atoms with Gasteiger partial charge >= 0.3 is 5.97 Å². The quantitative estimate of drug-likeness (QED) is 0.254. The molecule has 1 heterocycles. The van der Waals surface area contributed by atoms with Crippen molar-refractivity contribution in [2.75, 3.05) is 32.7 Å². The molecule has 1 rings (SSSR count). The van der Waals surface area contributed by atoms with E-state index in [1.54, 1.807) is 12.5 Å². The number of nitriles is 1. The van der Waals surface area contributed by atoms with Crippen molar-refractivity contribution in [1.82, 2.24) is 10.3 Å². The average Bonchev–Trinajstić information content (AvgIpc) is 3.08. The molecule has 0 atom stereocenters. The molecular formula is C16H23N3O4S2. The molecular weight excluding hydrogens is 362 g/mol. The summed E-state index contributed by atoms with van der Waals surface area (Å²) in [6.45, 7) is 5.94. The summed E-state index contributed by atoms with van der Waals surface area (Å²) < 4.78 is 15.6. The Labute approximate surface area is 156 Å². The van der Waals surface area contributed by atoms with Gasteiger partial charge in [-0.15, -0.1) is 11.8 Å². The lowest BCUT2D eigenvalue weighted by atomic mass is 10.3. The molecule has 0 spiro atoms. The predicted molar refractivity (Wildman–Crippen MR) is 98.3 cm³/mol. The number of rotatable bonds is 12. The molecule has 1 aromatic rings. The Morgan fingerprint density at radius 2 is 2.20 bits per heavy atom. The molecule has 0 aliphatic heterocycles. The zero-order valence-electron chi connectivity index (χ0n) is 14.7. The summed E-state index contributed by atoms with van der Waals surface area (Å²) in [5, 5.41) is 13.4. The molecule has 0 aromatic carbocycles. The van der Waals surface area contributed by atoms with Gasteiger partial charge in [-0.2, -0.15) is 5.26 Å². The van der Waals surface area contributed by atoms with Gasteiger partial charge in [0.2, 0.25) is 0 Å². The van der Waals surface area contributed by atoms with Gasteiger partial charge in [0.1, 0.15) is 12.7 Å². The topological polar surface area (TPSA) is 93.5 Å². The smallest absolute Gasteiger partial charge is 0.351 e. The molecule has 0 bridgehead atoms. The van der Waals surface area contributed by atoms with Crippen molar-refractivity contribution in [3.05, 3.63) is 21.7 Å². The zero-order valence-corrected chi connectivity index (χ0v) is 16.3. The maximum atomic E-state index is 12.0. The molecule has 9 heteroatoms. The number of esters is 1. The highest BCUT2D eigenvalue weighted by Crippen LogP contribution is 2.22. The van der Waals surface area contributed by atoms with Crippen LogP contribution in [0, 0.1) is 11.3 Å². The number of thiazole rings is 1. The highest BCUT2D eigenvalue weighted by atomic mass is 32.2. The summed E-state index contributed by atoms with van der Waals surface area (Å²) in [5.74, 6) is -0.657. The van der Waals surface area contributed by atoms with E-state index in [0.717, 1.165) is 11.3 Å². The third kappa shape index (κ3) is 7.77. The Hall–Kier alpha value is -1.76. The lowest BCUT2D eigenvalue weighted by Gasteiger charge is -2.10. The summed E-state index contributed by atoms with van der Waals surface area (Å²) in [7, 11) is 0. The predicted octanol–water partition coefficient (Wildman–Crippen LogP) is 2.70. The first-order valence-electron chi connectivity index (χ1n) is 7.90. The molecule has 138 valence electrons. The molecule has 0 saturated carbocycles. The molecule has 0 amide bonds. The fraction of sp³-hybridized carbons (Fsp3) is 0.562. The van der Waals surface area contributed by atoms with Gasteiger partial charge in [-0.1, -0.05) is 18.3 Å². The SMILES string of the molecule is CCCOc1ncc(CN/C(SC)=C(/C#N)C(=O)OCCOCC)s1. The van der Waals surface area contributed by atoms with Crippen LogP contribution in [0.4, 0.5) is 0 Å². The molecule has 7 nitrogen and oxygen atoms in total. The highest BCUT2D eigenvalue weighted by Gasteiger charge is 2.17. The molecule has 1 aromatic heterocycles. The van der Waals surface area contributed by atoms with Gasteiger partial charge in [0.25, 0.3) is 5.19 Å². The number of nitrogens with zero attached hydrogens (tertiary/aromatic N) is 2. The Balaban J connectivity index is 2.63. The van der Waals surface area contributed by atoms with Crippen molar-refractivity contribution in [1.29, 1.82) is 5.26 Å². The summed E-state index contributed by atoms with van der Waals surface area (Å²) in [5.41, 5.74) is -0.0454. The van der Waals surface area contributed by atoms with Crippen molar-refractivity contribution in [3.8, 4) is 11.3 Å². The number of carbonyl (C=O) groups is 1. The van der Waals surface area contributed by atoms with Crippen molar-refractivity contribution in [3.63, 3.8) is 0 Å². The first-order valence-corrected chi connectivity index (χ1v) is 9.94. The largest absolute Gasteiger partial charge is 0.470 e. The number of nitrogens with one attached hydrogen (secondary N) is 1. The molecule has 0 aliphatic carbocycles. The van der Waals surface area contributed by atoms with Crippen molar-refractivity contribution in [2.24, 2.45) is 0 Å². The van der Waals surface area contributed by atoms with Crippen molar-refractivity contribution in [2.45, 2.75) is 26.8 Å². The van der Waals surface area contributed by atoms with E-state index in [4.69, 9.17) is 14.2 Å². The molecule has 0 unspecified atom stereocenters. The van der Waals surface area contributed by atoms with Gasteiger partial charge in [0.05, 0.1) is 24.8 Å². The molecule has 25 heavy (non-hydrogen) atoms. The van der Waals surface area contributed by atoms with Crippen LogP contribution < -0.4 is 10.1 Å². The first kappa shape index (κ1) is 21.3. The van der Waals surface area contributed by atoms with Gasteiger partial charge in [0.15, 0.2) is 5.57 Å². The van der Waals surface area contributed by atoms with Gasteiger partial charge in [0, 0.05) is 17.7 Å². The fourth-order valence-electron chi connectivity index (χ4n) is 1.66. The van der Waals surface area contributed by atoms with E-state index in [1.165, 1.54) is 23.1 Å². The second-order valence-electron chi connectivity index (χ2n) is 4.65. The normalized spacial score (nSPS) is 11.4. The Morgan fingerprint density at radius 3 is 2.84 bits per heavy atom. The van der Waals surface area contributed by atoms with Crippen molar-refractivity contribution < 1.29 is 19.0 Å². The molecule has 0 radical (unpaired) electrons. The monoisotopic (exact) mass is 385 g/mol. The second-order valence-corrected chi connectivity index (χ2v) is 6.54. The van der Waals surface area contributed by atoms with Crippen LogP contribution in [0.25, 0.3) is 0 Å². The van der Waals surface area contributed by atoms with E-state index >= 15 is 0 Å². The van der Waals surface area contributed by atoms with Crippen LogP contribution in [0.2, 0.25) is 0 Å². The lowest BCUT2D eigenvalue weighted by Crippen LogP contribution is -2.18. The van der Waals surface area contributed by atoms with Gasteiger partial charge in [-0.05, 0) is 19.6 Å². The molecule has 0 fully saturated rings. The van der Waals surface area contributed by atoms with E-state index in [2.05, 4.69) is 10.3 Å². The Morgan fingerprint density at radius 1 is 1.40 bits per heavy atom. The average molecular weight is 386 g/mol. The van der Waals surface area contributed by atoms with Gasteiger partial charge in [-0.3, -0.25) is 0 Å². The van der Waals surface area contributed by atoms with Crippen LogP contribution in [0.1, 0.15) is 25.1 Å². The number of thioether (sulfide) groups is 1. The third-order valence-electron chi connectivity index (χ3n) is 2.80. The number of carbonyl (C=O) groups excluding carboxylic acids is 1. The summed E-state index contributed by atoms with van der Waals surface area (Å²) in [4.78, 5) is 17.2. The van der Waals surface area contributed by atoms with E-state index < -0.39 is 5.97 Å². The minimum atomic E-state index is -0.657. The molecule has 1 N–H and O–H groups in total. The summed E-state index contributed by atoms with van der Waals surface area (Å²) in [6.07, 6.45) is 4.42. The Kier molecular flexibility index (Phi) is 10.7. The van der Waals surface area contributed by atoms with Crippen molar-refractivity contribution >= 4 is 29.1 Å². The van der Waals surface area contributed by atoms with Crippen LogP contribution in [0.15, 0.2) is 16.8 Å². The number of hydrogen-bond acceptors (Lipinski definition) is 9. The van der Waals surface area contributed by atoms with Gasteiger partial charge < -0.3 is 19.5 Å². The van der Waals surface area contributed by atoms with Crippen LogP contribution in [-0.2, 0) is 20.8 Å². The minimum Gasteiger partial charge on any atom is -0.470 e. The van der Waals surface area contributed by atoms with E-state index in [9.17, 15) is 10.1 Å². The molecule has 0 aliphatic rings. The number of aromatic nitrogens is 1. The maximum absolute atomic E-state index is 12.0. The zero-order chi connectivity index (χ0) is 18.5. The standard InChI is InChI=1S/C16H23N3O4S2/c1-4-6-23-16-19-11-12(25-16)10-18-14(24-3)13(9-17)15(20)22-8-7-21-5-2/h11,18H,4-8,10H2,1-3H3/b14-13+. The number of ether oxygens (including phenoxy) is 3. The highest BCUT2D eigenvalue weighted by molar-refractivity contribution is 8.02. The number of hydrogen-bond donors (Lipinski definition) is 1. The minimum absolute atomic E-state index is 0.0454. The van der Waals surface area contributed by atoms with Crippen LogP contribution in [-0.4, -0.2) is 43.6 Å².